The first kappa shape index (κ1) is 127. The van der Waals surface area contributed by atoms with Gasteiger partial charge in [-0.3, -0.25) is 54.8 Å². The summed E-state index contributed by atoms with van der Waals surface area (Å²) in [6.45, 7) is 103. The van der Waals surface area contributed by atoms with Gasteiger partial charge < -0.3 is 0 Å². The number of halogens is 2. The zero-order chi connectivity index (χ0) is 108. The standard InChI is InChI=1S/3C10H12N2.3C10H15N.C9H12ClN.2C9H13N.C8H11ClN2.3C8H12N2/c1-10(2,3)9-7-8(11-4)5-6-12-9;1-10(2,3)9-6-5-8(11-4)7-12-9;1-10(2,3)9-8(7-11)5-4-6-12-9;1-8-5-6-11-9(7-8)10(2,3)4;1-8-5-6-9(11-7-8)10(2,3)4;1-8-6-5-7-9(11-8)10(2,3)4;1-9(2,3)8-5-4-7(10)6-11-8;1-9(2,3)8-4-6-10-7-5-8;1-9(2,3)8-5-4-6-10-7-8;1-8(2,3)6-4-7(9)11-5-10-6;1-8(2,3)7-6-9-4-5-10-7;1-8(2,3)7-4-5-9-6-10-7;1-8(2,3)7-9-5-4-6-10-7/h2*5-7H,1-3H3;4-6H,1-3H3;3*5-7H,1-4H3;4-6H,1-3H3;2*4-7H,1-3H3;4-5H,1-3H3;3*4-6H,1-3H3. The highest BCUT2D eigenvalue weighted by molar-refractivity contribution is 6.30. The molecular weight excluding hydrogens is 1780 g/mol. The van der Waals surface area contributed by atoms with E-state index in [4.69, 9.17) is 41.6 Å². The second-order valence-corrected chi connectivity index (χ2v) is 48.0. The molecule has 0 radical (unpaired) electrons. The molecule has 0 saturated heterocycles. The first-order valence-electron chi connectivity index (χ1n) is 47.7. The van der Waals surface area contributed by atoms with Gasteiger partial charge in [-0.2, -0.15) is 5.26 Å². The summed E-state index contributed by atoms with van der Waals surface area (Å²) in [4.78, 5) is 77.0. The molecule has 0 aliphatic carbocycles. The minimum atomic E-state index is -0.0493. The quantitative estimate of drug-likeness (QED) is 0.101. The van der Waals surface area contributed by atoms with Crippen molar-refractivity contribution in [3.8, 4) is 6.07 Å². The Morgan fingerprint density at radius 1 is 0.262 bits per heavy atom. The summed E-state index contributed by atoms with van der Waals surface area (Å²) >= 11 is 11.4. The van der Waals surface area contributed by atoms with Gasteiger partial charge in [0.15, 0.2) is 5.69 Å². The largest absolute Gasteiger partial charge is 0.272 e. The number of hydrogen-bond acceptors (Lipinski definition) is 18. The molecule has 20 nitrogen and oxygen atoms in total. The van der Waals surface area contributed by atoms with E-state index in [1.807, 2.05) is 92.5 Å². The first-order valence-corrected chi connectivity index (χ1v) is 48.5. The van der Waals surface area contributed by atoms with Crippen molar-refractivity contribution >= 4 is 34.6 Å². The summed E-state index contributed by atoms with van der Waals surface area (Å²) in [5.74, 6) is 0.898. The molecule has 0 aromatic carbocycles. The fourth-order valence-corrected chi connectivity index (χ4v) is 11.3. The third-order valence-corrected chi connectivity index (χ3v) is 20.3. The molecule has 0 aliphatic heterocycles. The van der Waals surface area contributed by atoms with E-state index in [9.17, 15) is 0 Å². The average molecular weight is 1950 g/mol. The molecule has 0 aliphatic rings. The van der Waals surface area contributed by atoms with Crippen LogP contribution in [0.15, 0.2) is 245 Å². The lowest BCUT2D eigenvalue weighted by Gasteiger charge is -2.18. The van der Waals surface area contributed by atoms with Crippen molar-refractivity contribution < 1.29 is 0 Å². The average Bonchev–Trinajstić information content (AvgIpc) is 0.816. The Morgan fingerprint density at radius 2 is 0.709 bits per heavy atom. The lowest BCUT2D eigenvalue weighted by molar-refractivity contribution is 0.545. The van der Waals surface area contributed by atoms with Gasteiger partial charge in [-0.15, -0.1) is 0 Å². The molecular formula is C119H166Cl2N20. The van der Waals surface area contributed by atoms with E-state index in [1.165, 1.54) is 28.6 Å². The van der Waals surface area contributed by atoms with Crippen LogP contribution in [-0.2, 0) is 70.4 Å². The lowest BCUT2D eigenvalue weighted by atomic mass is 9.88. The molecule has 13 aromatic rings. The monoisotopic (exact) mass is 1950 g/mol. The summed E-state index contributed by atoms with van der Waals surface area (Å²) in [7, 11) is 0. The van der Waals surface area contributed by atoms with Gasteiger partial charge in [0, 0.05) is 204 Å². The van der Waals surface area contributed by atoms with Gasteiger partial charge in [-0.1, -0.05) is 324 Å². The molecule has 0 N–H and O–H groups in total. The summed E-state index contributed by atoms with van der Waals surface area (Å²) in [6, 6.07) is 45.1. The molecule has 0 spiro atoms. The van der Waals surface area contributed by atoms with Crippen LogP contribution in [0.2, 0.25) is 10.2 Å². The van der Waals surface area contributed by atoms with Crippen LogP contribution in [0.5, 0.6) is 0 Å². The number of rotatable bonds is 0. The van der Waals surface area contributed by atoms with E-state index in [1.54, 1.807) is 105 Å². The van der Waals surface area contributed by atoms with Crippen molar-refractivity contribution in [2.45, 2.75) is 361 Å². The molecule has 22 heteroatoms. The van der Waals surface area contributed by atoms with Gasteiger partial charge in [0.05, 0.1) is 40.8 Å². The zero-order valence-electron chi connectivity index (χ0n) is 93.3. The molecule has 0 atom stereocenters. The van der Waals surface area contributed by atoms with Crippen LogP contribution in [0, 0.1) is 45.2 Å². The Hall–Kier alpha value is -12.3. The molecule has 13 aromatic heterocycles. The zero-order valence-corrected chi connectivity index (χ0v) is 94.8. The summed E-state index contributed by atoms with van der Waals surface area (Å²) in [5.41, 5.74) is 20.2. The Bertz CT molecular complexity index is 5340. The van der Waals surface area contributed by atoms with E-state index >= 15 is 0 Å². The van der Waals surface area contributed by atoms with Crippen molar-refractivity contribution in [2.75, 3.05) is 0 Å². The van der Waals surface area contributed by atoms with Gasteiger partial charge in [-0.05, 0) is 157 Å². The fraction of sp³-hybridized carbons (Fsp3) is 0.462. The van der Waals surface area contributed by atoms with Crippen LogP contribution < -0.4 is 0 Å². The number of pyridine rings is 9. The van der Waals surface area contributed by atoms with E-state index in [-0.39, 0.29) is 70.4 Å². The number of hydrogen-bond donors (Lipinski definition) is 0. The van der Waals surface area contributed by atoms with Crippen LogP contribution in [0.25, 0.3) is 9.69 Å². The Balaban J connectivity index is 0.000000764. The minimum absolute atomic E-state index is 0.0285. The van der Waals surface area contributed by atoms with Crippen molar-refractivity contribution in [3.05, 3.63) is 375 Å². The lowest BCUT2D eigenvalue weighted by Crippen LogP contribution is -2.15. The maximum absolute atomic E-state index is 8.79. The van der Waals surface area contributed by atoms with E-state index in [2.05, 4.69) is 433 Å². The fourth-order valence-electron chi connectivity index (χ4n) is 11.0. The van der Waals surface area contributed by atoms with Crippen molar-refractivity contribution in [1.82, 2.24) is 84.7 Å². The van der Waals surface area contributed by atoms with Crippen LogP contribution in [0.3, 0.4) is 0 Å². The highest BCUT2D eigenvalue weighted by Gasteiger charge is 2.24. The normalized spacial score (nSPS) is 11.4. The van der Waals surface area contributed by atoms with Gasteiger partial charge in [0.2, 0.25) is 5.69 Å². The smallest absolute Gasteiger partial charge is 0.205 e. The van der Waals surface area contributed by atoms with Crippen molar-refractivity contribution in [3.63, 3.8) is 0 Å². The highest BCUT2D eigenvalue weighted by atomic mass is 35.5. The van der Waals surface area contributed by atoms with Crippen LogP contribution >= 0.6 is 23.2 Å². The van der Waals surface area contributed by atoms with Gasteiger partial charge in [-0.25, -0.2) is 39.6 Å². The third-order valence-electron chi connectivity index (χ3n) is 19.8. The maximum atomic E-state index is 8.79. The summed E-state index contributed by atoms with van der Waals surface area (Å²) in [5, 5.41) is 9.99. The van der Waals surface area contributed by atoms with Gasteiger partial charge in [0.25, 0.3) is 0 Å². The first-order chi connectivity index (χ1) is 64.6. The van der Waals surface area contributed by atoms with Crippen molar-refractivity contribution in [1.29, 1.82) is 5.26 Å². The minimum Gasteiger partial charge on any atom is -0.272 e. The van der Waals surface area contributed by atoms with Gasteiger partial charge in [0.1, 0.15) is 29.7 Å². The number of aromatic nitrogens is 17. The maximum Gasteiger partial charge on any atom is 0.205 e. The molecule has 0 saturated carbocycles. The van der Waals surface area contributed by atoms with Crippen LogP contribution in [0.1, 0.15) is 366 Å². The summed E-state index contributed by atoms with van der Waals surface area (Å²) in [6.07, 6.45) is 31.5. The number of nitriles is 1. The molecule has 13 heterocycles. The van der Waals surface area contributed by atoms with Crippen LogP contribution in [-0.4, -0.2) is 84.7 Å². The molecule has 141 heavy (non-hydrogen) atoms. The third kappa shape index (κ3) is 54.4. The van der Waals surface area contributed by atoms with E-state index in [0.717, 1.165) is 68.5 Å². The highest BCUT2D eigenvalue weighted by Crippen LogP contribution is 2.30. The molecule has 0 fully saturated rings. The van der Waals surface area contributed by atoms with Crippen LogP contribution in [0.4, 0.5) is 11.4 Å². The Morgan fingerprint density at radius 3 is 1.04 bits per heavy atom. The SMILES string of the molecule is CC(C)(C)c1cc(Cl)ncn1.CC(C)(C)c1ccc(Cl)cn1.CC(C)(C)c1cccnc1.CC(C)(C)c1ccncc1.CC(C)(C)c1ccncn1.CC(C)(C)c1cnccn1.CC(C)(C)c1ncccc1C#N.CC(C)(C)c1ncccn1.Cc1ccc(C(C)(C)C)nc1.Cc1cccc(C(C)(C)C)n1.Cc1ccnc(C(C)(C)C)c1.[C-]#[N+]c1ccc(C(C)(C)C)nc1.[C-]#[N+]c1ccnc(C(C)(C)C)c1. The topological polar surface area (TPSA) is 252 Å². The molecule has 13 rings (SSSR count). The molecule has 756 valence electrons. The van der Waals surface area contributed by atoms with Crippen molar-refractivity contribution in [2.24, 2.45) is 0 Å². The Labute approximate surface area is 860 Å². The van der Waals surface area contributed by atoms with E-state index in [0.29, 0.717) is 27.1 Å². The van der Waals surface area contributed by atoms with E-state index < -0.39 is 0 Å². The molecule has 0 bridgehead atoms. The predicted octanol–water partition coefficient (Wildman–Crippen LogP) is 31.7. The number of aryl methyl sites for hydroxylation is 3. The Kier molecular flexibility index (Phi) is 51.8. The second kappa shape index (κ2) is 57.6. The predicted molar refractivity (Wildman–Crippen MR) is 591 cm³/mol. The molecule has 0 unspecified atom stereocenters. The molecule has 0 amide bonds. The second-order valence-electron chi connectivity index (χ2n) is 47.2. The number of nitrogens with zero attached hydrogens (tertiary/aromatic N) is 20. The van der Waals surface area contributed by atoms with Gasteiger partial charge >= 0.3 is 0 Å². The summed E-state index contributed by atoms with van der Waals surface area (Å²) < 4.78 is 0.